The molecule has 92 valence electrons. The summed E-state index contributed by atoms with van der Waals surface area (Å²) in [5.41, 5.74) is 7.16. The molecule has 0 radical (unpaired) electrons. The van der Waals surface area contributed by atoms with Gasteiger partial charge in [0.2, 0.25) is 5.95 Å². The molecule has 0 aliphatic rings. The first-order valence-electron chi connectivity index (χ1n) is 5.63. The van der Waals surface area contributed by atoms with Gasteiger partial charge >= 0.3 is 0 Å². The predicted molar refractivity (Wildman–Crippen MR) is 64.9 cm³/mol. The molecule has 8 heteroatoms. The minimum absolute atomic E-state index is 0.212. The molecule has 0 amide bonds. The summed E-state index contributed by atoms with van der Waals surface area (Å²) in [5, 5.41) is 7.51. The third-order valence-corrected chi connectivity index (χ3v) is 2.59. The van der Waals surface area contributed by atoms with E-state index in [2.05, 4.69) is 32.1 Å². The topological polar surface area (TPSA) is 100 Å². The van der Waals surface area contributed by atoms with Crippen molar-refractivity contribution in [3.8, 4) is 5.82 Å². The van der Waals surface area contributed by atoms with E-state index in [1.54, 1.807) is 23.5 Å². The summed E-state index contributed by atoms with van der Waals surface area (Å²) in [5.74, 6) is 0.807. The Morgan fingerprint density at radius 1 is 1.17 bits per heavy atom. The number of anilines is 1. The van der Waals surface area contributed by atoms with Crippen LogP contribution < -0.4 is 5.73 Å². The van der Waals surface area contributed by atoms with Gasteiger partial charge in [0.1, 0.15) is 12.7 Å². The predicted octanol–water partition coefficient (Wildman–Crippen LogP) is 0.399. The highest BCUT2D eigenvalue weighted by Crippen LogP contribution is 2.18. The summed E-state index contributed by atoms with van der Waals surface area (Å²) in [6.45, 7) is 2.94. The van der Waals surface area contributed by atoms with Crippen LogP contribution in [0.25, 0.3) is 17.0 Å². The third-order valence-electron chi connectivity index (χ3n) is 2.59. The van der Waals surface area contributed by atoms with Gasteiger partial charge in [0.25, 0.3) is 0 Å². The average molecular weight is 244 g/mol. The van der Waals surface area contributed by atoms with Crippen molar-refractivity contribution in [1.29, 1.82) is 0 Å². The molecule has 0 aliphatic heterocycles. The first-order chi connectivity index (χ1) is 8.79. The molecule has 0 unspecified atom stereocenters. The summed E-state index contributed by atoms with van der Waals surface area (Å²) in [6.07, 6.45) is 5.85. The minimum Gasteiger partial charge on any atom is -0.368 e. The molecular formula is C10H12N8. The Morgan fingerprint density at radius 2 is 1.94 bits per heavy atom. The molecule has 3 aromatic rings. The fraction of sp³-hybridized carbons (Fsp3) is 0.300. The lowest BCUT2D eigenvalue weighted by Gasteiger charge is -2.04. The van der Waals surface area contributed by atoms with E-state index < -0.39 is 0 Å². The van der Waals surface area contributed by atoms with E-state index in [1.807, 2.05) is 4.57 Å². The zero-order chi connectivity index (χ0) is 12.5. The number of hydrogen-bond donors (Lipinski definition) is 1. The number of hydrogen-bond acceptors (Lipinski definition) is 6. The second kappa shape index (κ2) is 4.06. The number of imidazole rings is 1. The highest BCUT2D eigenvalue weighted by Gasteiger charge is 2.13. The van der Waals surface area contributed by atoms with Crippen LogP contribution in [0.1, 0.15) is 13.3 Å². The molecule has 3 aromatic heterocycles. The van der Waals surface area contributed by atoms with Crippen molar-refractivity contribution in [2.45, 2.75) is 19.9 Å². The van der Waals surface area contributed by atoms with E-state index >= 15 is 0 Å². The van der Waals surface area contributed by atoms with Crippen LogP contribution >= 0.6 is 0 Å². The average Bonchev–Trinajstić information content (AvgIpc) is 2.99. The van der Waals surface area contributed by atoms with E-state index in [9.17, 15) is 0 Å². The molecule has 0 aromatic carbocycles. The maximum atomic E-state index is 5.74. The van der Waals surface area contributed by atoms with Crippen molar-refractivity contribution in [3.05, 3.63) is 19.0 Å². The zero-order valence-corrected chi connectivity index (χ0v) is 9.85. The Bertz CT molecular complexity index is 669. The van der Waals surface area contributed by atoms with Crippen molar-refractivity contribution >= 4 is 17.1 Å². The third kappa shape index (κ3) is 1.58. The van der Waals surface area contributed by atoms with E-state index in [-0.39, 0.29) is 5.95 Å². The van der Waals surface area contributed by atoms with Gasteiger partial charge in [0, 0.05) is 6.54 Å². The zero-order valence-electron chi connectivity index (χ0n) is 9.85. The van der Waals surface area contributed by atoms with Crippen LogP contribution in [0.15, 0.2) is 19.0 Å². The van der Waals surface area contributed by atoms with Crippen LogP contribution in [-0.4, -0.2) is 34.3 Å². The quantitative estimate of drug-likeness (QED) is 0.715. The largest absolute Gasteiger partial charge is 0.368 e. The molecule has 0 spiro atoms. The van der Waals surface area contributed by atoms with E-state index in [4.69, 9.17) is 5.73 Å². The molecule has 3 heterocycles. The molecule has 18 heavy (non-hydrogen) atoms. The monoisotopic (exact) mass is 244 g/mol. The van der Waals surface area contributed by atoms with Gasteiger partial charge < -0.3 is 10.3 Å². The highest BCUT2D eigenvalue weighted by atomic mass is 15.3. The number of nitrogens with zero attached hydrogens (tertiary/aromatic N) is 7. The molecule has 3 rings (SSSR count). The lowest BCUT2D eigenvalue weighted by atomic mass is 10.4. The van der Waals surface area contributed by atoms with Crippen LogP contribution in [0, 0.1) is 0 Å². The summed E-state index contributed by atoms with van der Waals surface area (Å²) in [6, 6.07) is 0. The van der Waals surface area contributed by atoms with Crippen LogP contribution in [0.5, 0.6) is 0 Å². The Hall–Kier alpha value is -2.51. The van der Waals surface area contributed by atoms with Crippen LogP contribution in [0.3, 0.4) is 0 Å². The summed E-state index contributed by atoms with van der Waals surface area (Å²) < 4.78 is 3.63. The van der Waals surface area contributed by atoms with E-state index in [1.165, 1.54) is 0 Å². The molecule has 0 saturated heterocycles. The molecule has 0 atom stereocenters. The van der Waals surface area contributed by atoms with Gasteiger partial charge in [-0.1, -0.05) is 6.92 Å². The minimum atomic E-state index is 0.212. The summed E-state index contributed by atoms with van der Waals surface area (Å²) in [4.78, 5) is 12.8. The number of nitrogens with two attached hydrogens (primary N) is 1. The normalized spacial score (nSPS) is 11.2. The van der Waals surface area contributed by atoms with Crippen LogP contribution in [0.4, 0.5) is 5.95 Å². The standard InChI is InChI=1S/C10H12N8/c1-2-3-17-4-12-7-8(17)15-10(11)16-9(7)18-5-13-14-6-18/h4-6H,2-3H2,1H3,(H2,11,15,16). The van der Waals surface area contributed by atoms with Gasteiger partial charge in [0.05, 0.1) is 6.33 Å². The first-order valence-corrected chi connectivity index (χ1v) is 5.63. The Labute approximate surface area is 103 Å². The van der Waals surface area contributed by atoms with Gasteiger partial charge in [-0.2, -0.15) is 9.97 Å². The van der Waals surface area contributed by atoms with Gasteiger partial charge in [-0.25, -0.2) is 4.98 Å². The van der Waals surface area contributed by atoms with Gasteiger partial charge in [-0.05, 0) is 6.42 Å². The fourth-order valence-corrected chi connectivity index (χ4v) is 1.84. The van der Waals surface area contributed by atoms with Crippen LogP contribution in [-0.2, 0) is 6.54 Å². The molecule has 0 aliphatic carbocycles. The smallest absolute Gasteiger partial charge is 0.224 e. The molecule has 2 N–H and O–H groups in total. The van der Waals surface area contributed by atoms with Crippen LogP contribution in [0.2, 0.25) is 0 Å². The van der Waals surface area contributed by atoms with E-state index in [0.29, 0.717) is 11.3 Å². The highest BCUT2D eigenvalue weighted by molar-refractivity contribution is 5.79. The molecule has 0 fully saturated rings. The number of nitrogen functional groups attached to an aromatic ring is 1. The lowest BCUT2D eigenvalue weighted by Crippen LogP contribution is -2.05. The van der Waals surface area contributed by atoms with Crippen molar-refractivity contribution in [2.75, 3.05) is 5.73 Å². The SMILES string of the molecule is CCCn1cnc2c(-n3cnnc3)nc(N)nc21. The second-order valence-corrected chi connectivity index (χ2v) is 3.88. The Balaban J connectivity index is 2.26. The second-order valence-electron chi connectivity index (χ2n) is 3.88. The maximum absolute atomic E-state index is 5.74. The number of aryl methyl sites for hydroxylation is 1. The van der Waals surface area contributed by atoms with Crippen molar-refractivity contribution < 1.29 is 0 Å². The van der Waals surface area contributed by atoms with Gasteiger partial charge in [-0.15, -0.1) is 10.2 Å². The number of fused-ring (bicyclic) bond motifs is 1. The summed E-state index contributed by atoms with van der Waals surface area (Å²) >= 11 is 0. The van der Waals surface area contributed by atoms with Gasteiger partial charge in [0.15, 0.2) is 17.0 Å². The van der Waals surface area contributed by atoms with E-state index in [0.717, 1.165) is 18.6 Å². The fourth-order valence-electron chi connectivity index (χ4n) is 1.84. The molecular weight excluding hydrogens is 232 g/mol. The van der Waals surface area contributed by atoms with Gasteiger partial charge in [-0.3, -0.25) is 4.57 Å². The number of aromatic nitrogens is 7. The van der Waals surface area contributed by atoms with Crippen molar-refractivity contribution in [2.24, 2.45) is 0 Å². The Morgan fingerprint density at radius 3 is 2.67 bits per heavy atom. The number of rotatable bonds is 3. The van der Waals surface area contributed by atoms with Crippen molar-refractivity contribution in [1.82, 2.24) is 34.3 Å². The van der Waals surface area contributed by atoms with Crippen molar-refractivity contribution in [3.63, 3.8) is 0 Å². The molecule has 0 bridgehead atoms. The lowest BCUT2D eigenvalue weighted by molar-refractivity contribution is 0.691. The Kier molecular flexibility index (Phi) is 2.40. The maximum Gasteiger partial charge on any atom is 0.224 e. The summed E-state index contributed by atoms with van der Waals surface area (Å²) in [7, 11) is 0. The molecule has 8 nitrogen and oxygen atoms in total. The molecule has 0 saturated carbocycles. The first kappa shape index (κ1) is 10.6.